The molecular weight excluding hydrogens is 321 g/mol. The number of carbonyl (C=O) groups excluding carboxylic acids is 1. The number of amides is 1. The lowest BCUT2D eigenvalue weighted by atomic mass is 9.99. The largest absolute Gasteiger partial charge is 0.371 e. The van der Waals surface area contributed by atoms with Gasteiger partial charge in [-0.15, -0.1) is 24.8 Å². The molecule has 0 radical (unpaired) electrons. The van der Waals surface area contributed by atoms with E-state index in [0.717, 1.165) is 24.7 Å². The lowest BCUT2D eigenvalue weighted by molar-refractivity contribution is -0.116. The zero-order valence-corrected chi connectivity index (χ0v) is 14.9. The number of benzene rings is 1. The number of nitrogens with two attached hydrogens (primary N) is 1. The van der Waals surface area contributed by atoms with Gasteiger partial charge >= 0.3 is 0 Å². The van der Waals surface area contributed by atoms with E-state index in [2.05, 4.69) is 29.3 Å². The molecule has 1 fully saturated rings. The Morgan fingerprint density at radius 3 is 2.59 bits per heavy atom. The second-order valence-electron chi connectivity index (χ2n) is 5.95. The third-order valence-corrected chi connectivity index (χ3v) is 3.79. The average molecular weight is 348 g/mol. The standard InChI is InChI=1S/C16H25N3O.2ClH/c1-12-6-8-19(9-7-12)15-5-3-4-14(11-15)18-16(20)10-13(2)17;;/h3-5,11-13H,6-10,17H2,1-2H3,(H,18,20);2*1H. The van der Waals surface area contributed by atoms with E-state index in [0.29, 0.717) is 6.42 Å². The number of carbonyl (C=O) groups is 1. The molecular formula is C16H27Cl2N3O. The number of rotatable bonds is 4. The van der Waals surface area contributed by atoms with Gasteiger partial charge in [0.2, 0.25) is 5.91 Å². The van der Waals surface area contributed by atoms with Crippen LogP contribution in [0.2, 0.25) is 0 Å². The first kappa shape index (κ1) is 21.0. The van der Waals surface area contributed by atoms with Gasteiger partial charge in [0.15, 0.2) is 0 Å². The van der Waals surface area contributed by atoms with Crippen LogP contribution >= 0.6 is 24.8 Å². The van der Waals surface area contributed by atoms with Crippen molar-refractivity contribution in [1.82, 2.24) is 0 Å². The molecule has 1 unspecified atom stereocenters. The molecule has 4 nitrogen and oxygen atoms in total. The lowest BCUT2D eigenvalue weighted by Gasteiger charge is -2.32. The molecule has 1 atom stereocenters. The SMILES string of the molecule is CC(N)CC(=O)Nc1cccc(N2CCC(C)CC2)c1.Cl.Cl. The molecule has 0 bridgehead atoms. The van der Waals surface area contributed by atoms with Crippen LogP contribution in [0.4, 0.5) is 11.4 Å². The highest BCUT2D eigenvalue weighted by molar-refractivity contribution is 5.91. The van der Waals surface area contributed by atoms with Gasteiger partial charge in [-0.25, -0.2) is 0 Å². The summed E-state index contributed by atoms with van der Waals surface area (Å²) in [4.78, 5) is 14.1. The van der Waals surface area contributed by atoms with Gasteiger partial charge in [-0.3, -0.25) is 4.79 Å². The van der Waals surface area contributed by atoms with Gasteiger partial charge < -0.3 is 16.0 Å². The van der Waals surface area contributed by atoms with Gasteiger partial charge in [-0.2, -0.15) is 0 Å². The van der Waals surface area contributed by atoms with Crippen molar-refractivity contribution in [2.24, 2.45) is 11.7 Å². The second-order valence-corrected chi connectivity index (χ2v) is 5.95. The van der Waals surface area contributed by atoms with Crippen molar-refractivity contribution in [3.63, 3.8) is 0 Å². The summed E-state index contributed by atoms with van der Waals surface area (Å²) in [7, 11) is 0. The van der Waals surface area contributed by atoms with Crippen LogP contribution in [0.5, 0.6) is 0 Å². The molecule has 6 heteroatoms. The Morgan fingerprint density at radius 1 is 1.36 bits per heavy atom. The quantitative estimate of drug-likeness (QED) is 0.876. The Balaban J connectivity index is 0.00000220. The molecule has 1 aromatic rings. The minimum absolute atomic E-state index is 0. The second kappa shape index (κ2) is 9.93. The molecule has 3 N–H and O–H groups in total. The van der Waals surface area contributed by atoms with E-state index in [-0.39, 0.29) is 36.8 Å². The molecule has 1 aliphatic heterocycles. The van der Waals surface area contributed by atoms with Crippen LogP contribution in [0.15, 0.2) is 24.3 Å². The summed E-state index contributed by atoms with van der Waals surface area (Å²) < 4.78 is 0. The monoisotopic (exact) mass is 347 g/mol. The number of hydrogen-bond acceptors (Lipinski definition) is 3. The lowest BCUT2D eigenvalue weighted by Crippen LogP contribution is -2.32. The molecule has 1 aromatic carbocycles. The summed E-state index contributed by atoms with van der Waals surface area (Å²) in [6, 6.07) is 7.97. The highest BCUT2D eigenvalue weighted by Crippen LogP contribution is 2.25. The summed E-state index contributed by atoms with van der Waals surface area (Å²) >= 11 is 0. The Kier molecular flexibility index (Phi) is 9.49. The van der Waals surface area contributed by atoms with Crippen LogP contribution in [-0.2, 0) is 4.79 Å². The molecule has 1 amide bonds. The summed E-state index contributed by atoms with van der Waals surface area (Å²) in [5.74, 6) is 0.796. The molecule has 1 aliphatic rings. The predicted molar refractivity (Wildman–Crippen MR) is 98.4 cm³/mol. The topological polar surface area (TPSA) is 58.4 Å². The van der Waals surface area contributed by atoms with Crippen LogP contribution in [0.3, 0.4) is 0 Å². The number of nitrogens with one attached hydrogen (secondary N) is 1. The van der Waals surface area contributed by atoms with Crippen LogP contribution < -0.4 is 16.0 Å². The fourth-order valence-corrected chi connectivity index (χ4v) is 2.55. The number of hydrogen-bond donors (Lipinski definition) is 2. The highest BCUT2D eigenvalue weighted by Gasteiger charge is 2.16. The maximum absolute atomic E-state index is 11.7. The molecule has 22 heavy (non-hydrogen) atoms. The van der Waals surface area contributed by atoms with E-state index >= 15 is 0 Å². The van der Waals surface area contributed by atoms with Gasteiger partial charge in [0.05, 0.1) is 0 Å². The fraction of sp³-hybridized carbons (Fsp3) is 0.562. The molecule has 0 saturated carbocycles. The van der Waals surface area contributed by atoms with Crippen LogP contribution in [0.1, 0.15) is 33.1 Å². The van der Waals surface area contributed by atoms with Crippen molar-refractivity contribution in [1.29, 1.82) is 0 Å². The highest BCUT2D eigenvalue weighted by atomic mass is 35.5. The van der Waals surface area contributed by atoms with E-state index in [1.807, 2.05) is 19.1 Å². The van der Waals surface area contributed by atoms with Crippen molar-refractivity contribution in [2.75, 3.05) is 23.3 Å². The Bertz CT molecular complexity index is 460. The van der Waals surface area contributed by atoms with Gasteiger partial charge in [-0.05, 0) is 43.9 Å². The maximum atomic E-state index is 11.7. The summed E-state index contributed by atoms with van der Waals surface area (Å²) in [6.45, 7) is 6.34. The van der Waals surface area contributed by atoms with Gasteiger partial charge in [0, 0.05) is 36.9 Å². The van der Waals surface area contributed by atoms with Crippen molar-refractivity contribution in [3.05, 3.63) is 24.3 Å². The molecule has 0 aliphatic carbocycles. The number of piperidine rings is 1. The fourth-order valence-electron chi connectivity index (χ4n) is 2.55. The van der Waals surface area contributed by atoms with E-state index in [1.54, 1.807) is 0 Å². The number of nitrogens with zero attached hydrogens (tertiary/aromatic N) is 1. The van der Waals surface area contributed by atoms with Crippen LogP contribution in [0, 0.1) is 5.92 Å². The van der Waals surface area contributed by atoms with Crippen molar-refractivity contribution in [3.8, 4) is 0 Å². The summed E-state index contributed by atoms with van der Waals surface area (Å²) in [6.07, 6.45) is 2.83. The van der Waals surface area contributed by atoms with Gasteiger partial charge in [0.25, 0.3) is 0 Å². The van der Waals surface area contributed by atoms with Crippen LogP contribution in [-0.4, -0.2) is 25.0 Å². The summed E-state index contributed by atoms with van der Waals surface area (Å²) in [5.41, 5.74) is 7.68. The first-order chi connectivity index (χ1) is 9.54. The first-order valence-electron chi connectivity index (χ1n) is 7.45. The van der Waals surface area contributed by atoms with Crippen molar-refractivity contribution in [2.45, 2.75) is 39.2 Å². The maximum Gasteiger partial charge on any atom is 0.225 e. The molecule has 1 heterocycles. The zero-order chi connectivity index (χ0) is 14.5. The number of anilines is 2. The Morgan fingerprint density at radius 2 is 2.00 bits per heavy atom. The smallest absolute Gasteiger partial charge is 0.225 e. The van der Waals surface area contributed by atoms with Crippen molar-refractivity contribution >= 4 is 42.1 Å². The minimum atomic E-state index is -0.109. The van der Waals surface area contributed by atoms with Gasteiger partial charge in [0.1, 0.15) is 0 Å². The van der Waals surface area contributed by atoms with Gasteiger partial charge in [-0.1, -0.05) is 13.0 Å². The third kappa shape index (κ3) is 6.42. The first-order valence-corrected chi connectivity index (χ1v) is 7.45. The van der Waals surface area contributed by atoms with Crippen LogP contribution in [0.25, 0.3) is 0 Å². The Hall–Kier alpha value is -0.970. The molecule has 0 spiro atoms. The molecule has 0 aromatic heterocycles. The molecule has 2 rings (SSSR count). The average Bonchev–Trinajstić information content (AvgIpc) is 2.38. The summed E-state index contributed by atoms with van der Waals surface area (Å²) in [5, 5.41) is 2.92. The van der Waals surface area contributed by atoms with E-state index in [1.165, 1.54) is 18.5 Å². The predicted octanol–water partition coefficient (Wildman–Crippen LogP) is 3.44. The molecule has 126 valence electrons. The minimum Gasteiger partial charge on any atom is -0.371 e. The molecule has 1 saturated heterocycles. The normalized spacial score (nSPS) is 16.2. The Labute approximate surface area is 145 Å². The van der Waals surface area contributed by atoms with E-state index in [4.69, 9.17) is 5.73 Å². The zero-order valence-electron chi connectivity index (χ0n) is 13.2. The third-order valence-electron chi connectivity index (χ3n) is 3.79. The number of halogens is 2. The van der Waals surface area contributed by atoms with E-state index in [9.17, 15) is 4.79 Å². The van der Waals surface area contributed by atoms with E-state index < -0.39 is 0 Å². The van der Waals surface area contributed by atoms with Crippen molar-refractivity contribution < 1.29 is 4.79 Å².